The van der Waals surface area contributed by atoms with Crippen molar-refractivity contribution >= 4 is 58.7 Å². The zero-order chi connectivity index (χ0) is 30.2. The molecule has 0 atom stereocenters. The number of para-hydroxylation sites is 2. The number of anilines is 2. The van der Waals surface area contributed by atoms with Crippen molar-refractivity contribution in [1.82, 2.24) is 0 Å². The van der Waals surface area contributed by atoms with Gasteiger partial charge in [0.2, 0.25) is 0 Å². The fourth-order valence-corrected chi connectivity index (χ4v) is 8.04. The SMILES string of the molecule is [B]1c2ccccc2-c2ccccc2[NH2+]c2cc3c(cc2-c2ccccc21)N1B(c2ccccc2-c2ccccc21)c1ccccc1-3. The first-order valence-corrected chi connectivity index (χ1v) is 16.1. The second-order valence-electron chi connectivity index (χ2n) is 12.5. The predicted octanol–water partition coefficient (Wildman–Crippen LogP) is 6.42. The lowest BCUT2D eigenvalue weighted by molar-refractivity contribution is -0.477. The third kappa shape index (κ3) is 3.71. The summed E-state index contributed by atoms with van der Waals surface area (Å²) in [6.07, 6.45) is 0. The molecule has 0 saturated carbocycles. The molecule has 2 N–H and O–H groups in total. The molecular weight excluding hydrogens is 554 g/mol. The molecular formula is C42H28B2N2+. The molecule has 7 aromatic rings. The Morgan fingerprint density at radius 3 is 1.63 bits per heavy atom. The third-order valence-electron chi connectivity index (χ3n) is 10.0. The van der Waals surface area contributed by atoms with Crippen LogP contribution in [0.3, 0.4) is 0 Å². The van der Waals surface area contributed by atoms with E-state index < -0.39 is 0 Å². The molecule has 0 amide bonds. The number of hydrogen-bond donors (Lipinski definition) is 1. The number of nitrogens with zero attached hydrogens (tertiary/aromatic N) is 1. The molecule has 3 aliphatic rings. The smallest absolute Gasteiger partial charge is 0.329 e. The molecule has 0 bridgehead atoms. The highest BCUT2D eigenvalue weighted by molar-refractivity contribution is 6.92. The van der Waals surface area contributed by atoms with E-state index in [0.29, 0.717) is 0 Å². The van der Waals surface area contributed by atoms with Crippen molar-refractivity contribution in [2.75, 3.05) is 4.81 Å². The highest BCUT2D eigenvalue weighted by atomic mass is 15.1. The number of hydrogen-bond acceptors (Lipinski definition) is 1. The summed E-state index contributed by atoms with van der Waals surface area (Å²) in [6, 6.07) is 58.3. The highest BCUT2D eigenvalue weighted by Gasteiger charge is 2.42. The van der Waals surface area contributed by atoms with Crippen LogP contribution in [0.4, 0.5) is 22.7 Å². The van der Waals surface area contributed by atoms with E-state index in [1.54, 1.807) is 0 Å². The molecule has 10 rings (SSSR count). The summed E-state index contributed by atoms with van der Waals surface area (Å²) in [5.74, 6) is 0. The highest BCUT2D eigenvalue weighted by Crippen LogP contribution is 2.48. The van der Waals surface area contributed by atoms with Crippen LogP contribution >= 0.6 is 0 Å². The van der Waals surface area contributed by atoms with E-state index >= 15 is 0 Å². The van der Waals surface area contributed by atoms with Crippen LogP contribution in [0.15, 0.2) is 158 Å². The van der Waals surface area contributed by atoms with E-state index in [9.17, 15) is 0 Å². The van der Waals surface area contributed by atoms with Gasteiger partial charge in [-0.15, -0.1) is 0 Å². The molecule has 0 saturated heterocycles. The van der Waals surface area contributed by atoms with Gasteiger partial charge in [0, 0.05) is 45.8 Å². The zero-order valence-corrected chi connectivity index (χ0v) is 25.2. The molecule has 0 aromatic heterocycles. The molecule has 211 valence electrons. The average molecular weight is 582 g/mol. The fourth-order valence-electron chi connectivity index (χ4n) is 8.04. The maximum absolute atomic E-state index is 2.60. The van der Waals surface area contributed by atoms with Crippen LogP contribution in [-0.4, -0.2) is 14.1 Å². The van der Waals surface area contributed by atoms with Gasteiger partial charge in [-0.1, -0.05) is 138 Å². The number of nitrogens with two attached hydrogens (primary N) is 1. The summed E-state index contributed by atoms with van der Waals surface area (Å²) in [5, 5.41) is 2.40. The molecule has 4 heteroatoms. The Morgan fingerprint density at radius 2 is 0.913 bits per heavy atom. The van der Waals surface area contributed by atoms with Gasteiger partial charge in [-0.05, 0) is 51.4 Å². The molecule has 0 fully saturated rings. The van der Waals surface area contributed by atoms with Crippen molar-refractivity contribution in [1.29, 1.82) is 0 Å². The normalized spacial score (nSPS) is 13.2. The van der Waals surface area contributed by atoms with E-state index in [0.717, 1.165) is 0 Å². The van der Waals surface area contributed by atoms with Gasteiger partial charge >= 0.3 is 6.85 Å². The van der Waals surface area contributed by atoms with Gasteiger partial charge in [-0.25, -0.2) is 0 Å². The second-order valence-corrected chi connectivity index (χ2v) is 12.5. The van der Waals surface area contributed by atoms with Gasteiger partial charge in [-0.2, -0.15) is 0 Å². The molecule has 0 aliphatic carbocycles. The first-order valence-electron chi connectivity index (χ1n) is 16.1. The van der Waals surface area contributed by atoms with Crippen molar-refractivity contribution in [3.05, 3.63) is 158 Å². The average Bonchev–Trinajstić information content (AvgIpc) is 3.12. The Balaban J connectivity index is 1.29. The van der Waals surface area contributed by atoms with Crippen molar-refractivity contribution in [3.8, 4) is 44.5 Å². The van der Waals surface area contributed by atoms with Crippen LogP contribution in [0.1, 0.15) is 0 Å². The Kier molecular flexibility index (Phi) is 5.58. The summed E-state index contributed by atoms with van der Waals surface area (Å²) in [7, 11) is 2.36. The van der Waals surface area contributed by atoms with Crippen molar-refractivity contribution in [2.45, 2.75) is 0 Å². The van der Waals surface area contributed by atoms with Crippen LogP contribution in [0.25, 0.3) is 44.5 Å². The van der Waals surface area contributed by atoms with E-state index in [2.05, 4.69) is 175 Å². The van der Waals surface area contributed by atoms with Gasteiger partial charge in [0.25, 0.3) is 0 Å². The summed E-state index contributed by atoms with van der Waals surface area (Å²) >= 11 is 0. The molecule has 3 aliphatic heterocycles. The number of benzene rings is 7. The maximum Gasteiger partial charge on any atom is 0.329 e. The van der Waals surface area contributed by atoms with Crippen molar-refractivity contribution in [2.24, 2.45) is 0 Å². The molecule has 0 spiro atoms. The van der Waals surface area contributed by atoms with E-state index in [-0.39, 0.29) is 6.85 Å². The van der Waals surface area contributed by atoms with Crippen LogP contribution in [-0.2, 0) is 0 Å². The van der Waals surface area contributed by atoms with Gasteiger partial charge in [-0.3, -0.25) is 5.32 Å². The van der Waals surface area contributed by atoms with Crippen LogP contribution in [0.5, 0.6) is 0 Å². The number of quaternary nitrogens is 1. The molecule has 2 nitrogen and oxygen atoms in total. The topological polar surface area (TPSA) is 19.9 Å². The van der Waals surface area contributed by atoms with Crippen LogP contribution in [0, 0.1) is 0 Å². The molecule has 1 radical (unpaired) electrons. The summed E-state index contributed by atoms with van der Waals surface area (Å²) in [5.41, 5.74) is 20.3. The minimum atomic E-state index is 0.0887. The quantitative estimate of drug-likeness (QED) is 0.162. The number of rotatable bonds is 0. The van der Waals surface area contributed by atoms with E-state index in [1.165, 1.54) is 89.1 Å². The lowest BCUT2D eigenvalue weighted by Crippen LogP contribution is -2.71. The molecule has 46 heavy (non-hydrogen) atoms. The standard InChI is InChI=1S/C42H27B2N2/c1-7-19-35-27(13-1)31-17-5-11-23-39(31)45-40-25-34-30-16-4-10-22-38(30)44-37-21-9-3-15-29(37)32-18-6-12-24-41(32)46(44)42(34)26-33(40)28-14-2-8-20-36(28)43-35/h1-26,45H/p+1. The monoisotopic (exact) mass is 582 g/mol. The van der Waals surface area contributed by atoms with Crippen molar-refractivity contribution < 1.29 is 5.32 Å². The van der Waals surface area contributed by atoms with E-state index in [1.807, 2.05) is 0 Å². The van der Waals surface area contributed by atoms with Gasteiger partial charge in [0.1, 0.15) is 11.4 Å². The third-order valence-corrected chi connectivity index (χ3v) is 10.0. The second kappa shape index (κ2) is 9.97. The minimum absolute atomic E-state index is 0.0887. The molecule has 0 unspecified atom stereocenters. The number of fused-ring (bicyclic) bond motifs is 17. The maximum atomic E-state index is 2.60. The van der Waals surface area contributed by atoms with Crippen LogP contribution in [0.2, 0.25) is 0 Å². The summed E-state index contributed by atoms with van der Waals surface area (Å²) < 4.78 is 0. The summed E-state index contributed by atoms with van der Waals surface area (Å²) in [6.45, 7) is 0.0887. The lowest BCUT2D eigenvalue weighted by Gasteiger charge is -2.43. The van der Waals surface area contributed by atoms with Gasteiger partial charge in [0.15, 0.2) is 7.28 Å². The van der Waals surface area contributed by atoms with Crippen LogP contribution < -0.4 is 32.0 Å². The Hall–Kier alpha value is -5.57. The lowest BCUT2D eigenvalue weighted by atomic mass is 9.43. The molecule has 7 aromatic carbocycles. The van der Waals surface area contributed by atoms with Gasteiger partial charge < -0.3 is 4.81 Å². The van der Waals surface area contributed by atoms with E-state index in [4.69, 9.17) is 0 Å². The van der Waals surface area contributed by atoms with Gasteiger partial charge in [0.05, 0.1) is 0 Å². The fraction of sp³-hybridized carbons (Fsp3) is 0. The summed E-state index contributed by atoms with van der Waals surface area (Å²) in [4.78, 5) is 2.60. The predicted molar refractivity (Wildman–Crippen MR) is 194 cm³/mol. The first kappa shape index (κ1) is 25.7. The zero-order valence-electron chi connectivity index (χ0n) is 25.2. The minimum Gasteiger partial charge on any atom is -0.376 e. The Labute approximate surface area is 270 Å². The van der Waals surface area contributed by atoms with Crippen molar-refractivity contribution in [3.63, 3.8) is 0 Å². The molecule has 3 heterocycles. The Morgan fingerprint density at radius 1 is 0.391 bits per heavy atom. The first-order chi connectivity index (χ1) is 22.8. The Bertz CT molecular complexity index is 2340. The largest absolute Gasteiger partial charge is 0.376 e.